The highest BCUT2D eigenvalue weighted by Crippen LogP contribution is 2.33. The second-order valence-electron chi connectivity index (χ2n) is 6.74. The highest BCUT2D eigenvalue weighted by atomic mass is 16.6. The molecule has 0 aliphatic rings. The summed E-state index contributed by atoms with van der Waals surface area (Å²) in [6, 6.07) is 13.1. The summed E-state index contributed by atoms with van der Waals surface area (Å²) in [6.07, 6.45) is 1.13. The first-order valence-corrected chi connectivity index (χ1v) is 9.34. The molecule has 11 heteroatoms. The molecule has 0 radical (unpaired) electrons. The van der Waals surface area contributed by atoms with Crippen molar-refractivity contribution in [1.29, 1.82) is 5.26 Å². The number of rotatable bonds is 7. The number of hydrogen-bond donors (Lipinski definition) is 1. The van der Waals surface area contributed by atoms with E-state index in [0.717, 1.165) is 12.1 Å². The molecule has 1 amide bonds. The predicted molar refractivity (Wildman–Crippen MR) is 117 cm³/mol. The Morgan fingerprint density at radius 3 is 2.45 bits per heavy atom. The number of nitro benzene ring substituents is 2. The molecule has 0 atom stereocenters. The number of nitriles is 1. The fourth-order valence-electron chi connectivity index (χ4n) is 2.95. The Morgan fingerprint density at radius 2 is 1.82 bits per heavy atom. The van der Waals surface area contributed by atoms with Gasteiger partial charge in [0.15, 0.2) is 0 Å². The Morgan fingerprint density at radius 1 is 1.09 bits per heavy atom. The molecule has 2 aromatic carbocycles. The lowest BCUT2D eigenvalue weighted by Crippen LogP contribution is -2.14. The molecule has 0 unspecified atom stereocenters. The summed E-state index contributed by atoms with van der Waals surface area (Å²) in [6.45, 7) is 1.72. The van der Waals surface area contributed by atoms with Gasteiger partial charge in [0.25, 0.3) is 17.3 Å². The van der Waals surface area contributed by atoms with Crippen molar-refractivity contribution >= 4 is 29.0 Å². The van der Waals surface area contributed by atoms with Crippen molar-refractivity contribution < 1.29 is 23.8 Å². The van der Waals surface area contributed by atoms with Crippen LogP contribution in [-0.4, -0.2) is 22.9 Å². The van der Waals surface area contributed by atoms with Gasteiger partial charge in [0, 0.05) is 12.1 Å². The minimum Gasteiger partial charge on any atom is -0.496 e. The molecule has 0 aliphatic heterocycles. The van der Waals surface area contributed by atoms with Gasteiger partial charge >= 0.3 is 0 Å². The highest BCUT2D eigenvalue weighted by molar-refractivity contribution is 6.10. The van der Waals surface area contributed by atoms with Crippen molar-refractivity contribution in [1.82, 2.24) is 0 Å². The number of carbonyl (C=O) groups is 1. The van der Waals surface area contributed by atoms with E-state index in [-0.39, 0.29) is 39.8 Å². The third kappa shape index (κ3) is 5.02. The van der Waals surface area contributed by atoms with E-state index < -0.39 is 21.4 Å². The number of furan rings is 1. The van der Waals surface area contributed by atoms with Crippen LogP contribution in [0.25, 0.3) is 17.4 Å². The molecule has 0 bridgehead atoms. The molecule has 1 heterocycles. The van der Waals surface area contributed by atoms with Gasteiger partial charge in [-0.1, -0.05) is 6.07 Å². The number of nitrogens with one attached hydrogen (secondary N) is 1. The zero-order chi connectivity index (χ0) is 24.1. The maximum absolute atomic E-state index is 12.5. The summed E-state index contributed by atoms with van der Waals surface area (Å²) in [7, 11) is 1.34. The van der Waals surface area contributed by atoms with Gasteiger partial charge in [-0.3, -0.25) is 25.0 Å². The summed E-state index contributed by atoms with van der Waals surface area (Å²) < 4.78 is 10.5. The SMILES string of the molecule is COc1ccc(NC(=O)/C(C#N)=C/c2ccc(-c3ccc(C)cc3[N+](=O)[O-])o2)c([N+](=O)[O-])c1. The van der Waals surface area contributed by atoms with Crippen LogP contribution in [0.1, 0.15) is 11.3 Å². The summed E-state index contributed by atoms with van der Waals surface area (Å²) in [5, 5.41) is 34.4. The van der Waals surface area contributed by atoms with E-state index in [2.05, 4.69) is 5.32 Å². The number of anilines is 1. The topological polar surface area (TPSA) is 162 Å². The number of nitrogens with zero attached hydrogens (tertiary/aromatic N) is 3. The lowest BCUT2D eigenvalue weighted by molar-refractivity contribution is -0.384. The van der Waals surface area contributed by atoms with Crippen LogP contribution in [0.4, 0.5) is 17.1 Å². The van der Waals surface area contributed by atoms with Gasteiger partial charge in [0.05, 0.1) is 28.6 Å². The normalized spacial score (nSPS) is 10.9. The van der Waals surface area contributed by atoms with Crippen LogP contribution in [-0.2, 0) is 4.79 Å². The van der Waals surface area contributed by atoms with E-state index in [4.69, 9.17) is 9.15 Å². The average Bonchev–Trinajstić information content (AvgIpc) is 3.25. The highest BCUT2D eigenvalue weighted by Gasteiger charge is 2.21. The van der Waals surface area contributed by atoms with Gasteiger partial charge in [-0.05, 0) is 42.8 Å². The quantitative estimate of drug-likeness (QED) is 0.237. The molecule has 0 saturated carbocycles. The van der Waals surface area contributed by atoms with Crippen molar-refractivity contribution in [3.8, 4) is 23.1 Å². The molecular weight excluding hydrogens is 432 g/mol. The smallest absolute Gasteiger partial charge is 0.296 e. The molecule has 1 aromatic heterocycles. The molecule has 166 valence electrons. The van der Waals surface area contributed by atoms with Gasteiger partial charge in [-0.2, -0.15) is 5.26 Å². The van der Waals surface area contributed by atoms with E-state index in [0.29, 0.717) is 5.56 Å². The second-order valence-corrected chi connectivity index (χ2v) is 6.74. The minimum absolute atomic E-state index is 0.0933. The van der Waals surface area contributed by atoms with E-state index >= 15 is 0 Å². The number of hydrogen-bond acceptors (Lipinski definition) is 8. The first kappa shape index (κ1) is 22.7. The lowest BCUT2D eigenvalue weighted by Gasteiger charge is -2.07. The van der Waals surface area contributed by atoms with Crippen molar-refractivity contribution in [3.05, 3.63) is 85.7 Å². The molecule has 11 nitrogen and oxygen atoms in total. The molecular formula is C22H16N4O7. The zero-order valence-electron chi connectivity index (χ0n) is 17.4. The van der Waals surface area contributed by atoms with Crippen LogP contribution < -0.4 is 10.1 Å². The first-order chi connectivity index (χ1) is 15.7. The van der Waals surface area contributed by atoms with E-state index in [9.17, 15) is 30.3 Å². The third-order valence-corrected chi connectivity index (χ3v) is 4.54. The molecule has 0 fully saturated rings. The molecule has 1 N–H and O–H groups in total. The fourth-order valence-corrected chi connectivity index (χ4v) is 2.95. The Kier molecular flexibility index (Phi) is 6.49. The Hall–Kier alpha value is -4.98. The number of methoxy groups -OCH3 is 1. The Bertz CT molecular complexity index is 1330. The number of benzene rings is 2. The maximum atomic E-state index is 12.5. The standard InChI is InChI=1S/C22H16N4O7/c1-13-3-6-17(19(9-13)25(28)29)21-8-5-16(33-21)10-14(12-23)22(27)24-18-7-4-15(32-2)11-20(18)26(30)31/h3-11H,1-2H3,(H,24,27)/b14-10+. The lowest BCUT2D eigenvalue weighted by atomic mass is 10.1. The number of aryl methyl sites for hydroxylation is 1. The van der Waals surface area contributed by atoms with Gasteiger partial charge < -0.3 is 14.5 Å². The largest absolute Gasteiger partial charge is 0.496 e. The summed E-state index contributed by atoms with van der Waals surface area (Å²) >= 11 is 0. The van der Waals surface area contributed by atoms with E-state index in [1.807, 2.05) is 0 Å². The molecule has 0 spiro atoms. The number of carbonyl (C=O) groups excluding carboxylic acids is 1. The Balaban J connectivity index is 1.90. The molecule has 0 saturated heterocycles. The minimum atomic E-state index is -0.898. The predicted octanol–water partition coefficient (Wildman–Crippen LogP) is 4.63. The van der Waals surface area contributed by atoms with Gasteiger partial charge in [0.1, 0.15) is 34.6 Å². The van der Waals surface area contributed by atoms with Crippen LogP contribution in [0.15, 0.2) is 58.5 Å². The van der Waals surface area contributed by atoms with Crippen molar-refractivity contribution in [3.63, 3.8) is 0 Å². The van der Waals surface area contributed by atoms with Gasteiger partial charge in [0.2, 0.25) is 0 Å². The number of ether oxygens (including phenoxy) is 1. The molecule has 33 heavy (non-hydrogen) atoms. The van der Waals surface area contributed by atoms with Crippen LogP contribution in [0.3, 0.4) is 0 Å². The van der Waals surface area contributed by atoms with Crippen LogP contribution in [0, 0.1) is 38.5 Å². The van der Waals surface area contributed by atoms with Crippen molar-refractivity contribution in [2.75, 3.05) is 12.4 Å². The summed E-state index contributed by atoms with van der Waals surface area (Å²) in [5.41, 5.74) is -0.131. The van der Waals surface area contributed by atoms with E-state index in [1.165, 1.54) is 37.4 Å². The zero-order valence-corrected chi connectivity index (χ0v) is 17.4. The van der Waals surface area contributed by atoms with Crippen LogP contribution >= 0.6 is 0 Å². The number of nitro groups is 2. The fraction of sp³-hybridized carbons (Fsp3) is 0.0909. The number of amides is 1. The Labute approximate surface area is 186 Å². The van der Waals surface area contributed by atoms with Crippen LogP contribution in [0.2, 0.25) is 0 Å². The van der Waals surface area contributed by atoms with Crippen molar-refractivity contribution in [2.45, 2.75) is 6.92 Å². The first-order valence-electron chi connectivity index (χ1n) is 9.34. The van der Waals surface area contributed by atoms with Crippen molar-refractivity contribution in [2.24, 2.45) is 0 Å². The molecule has 0 aliphatic carbocycles. The van der Waals surface area contributed by atoms with Crippen LogP contribution in [0.5, 0.6) is 5.75 Å². The maximum Gasteiger partial charge on any atom is 0.296 e. The second kappa shape index (κ2) is 9.44. The molecule has 3 aromatic rings. The summed E-state index contributed by atoms with van der Waals surface area (Å²) in [4.78, 5) is 34.0. The third-order valence-electron chi connectivity index (χ3n) is 4.54. The van der Waals surface area contributed by atoms with E-state index in [1.54, 1.807) is 25.1 Å². The van der Waals surface area contributed by atoms with Gasteiger partial charge in [-0.25, -0.2) is 0 Å². The van der Waals surface area contributed by atoms with Gasteiger partial charge in [-0.15, -0.1) is 0 Å². The molecule has 3 rings (SSSR count). The monoisotopic (exact) mass is 448 g/mol. The average molecular weight is 448 g/mol. The summed E-state index contributed by atoms with van der Waals surface area (Å²) in [5.74, 6) is -0.402.